The van der Waals surface area contributed by atoms with Crippen molar-refractivity contribution in [3.8, 4) is 0 Å². The van der Waals surface area contributed by atoms with Gasteiger partial charge in [-0.25, -0.2) is 4.79 Å². The lowest BCUT2D eigenvalue weighted by Crippen LogP contribution is -2.47. The number of likely N-dealkylation sites (tertiary alicyclic amines) is 1. The van der Waals surface area contributed by atoms with Crippen molar-refractivity contribution in [2.24, 2.45) is 0 Å². The molecular weight excluding hydrogens is 344 g/mol. The van der Waals surface area contributed by atoms with Crippen molar-refractivity contribution in [3.05, 3.63) is 27.9 Å². The number of amides is 1. The lowest BCUT2D eigenvalue weighted by Gasteiger charge is -2.35. The van der Waals surface area contributed by atoms with E-state index in [1.54, 1.807) is 6.92 Å². The smallest absolute Gasteiger partial charge is 0.348 e. The molecule has 3 rings (SSSR count). The topological polar surface area (TPSA) is 67.7 Å². The van der Waals surface area contributed by atoms with Crippen LogP contribution in [-0.4, -0.2) is 70.7 Å². The molecule has 0 aliphatic carbocycles. The van der Waals surface area contributed by atoms with E-state index < -0.39 is 0 Å². The first kappa shape index (κ1) is 20.0. The monoisotopic (exact) mass is 376 g/mol. The van der Waals surface area contributed by atoms with E-state index in [-0.39, 0.29) is 24.2 Å². The van der Waals surface area contributed by atoms with E-state index in [0.29, 0.717) is 18.9 Å². The van der Waals surface area contributed by atoms with Crippen molar-refractivity contribution in [1.29, 1.82) is 0 Å². The summed E-state index contributed by atoms with van der Waals surface area (Å²) in [7, 11) is 0. The number of nitrogens with zero attached hydrogens (tertiary/aromatic N) is 4. The van der Waals surface area contributed by atoms with E-state index in [9.17, 15) is 9.59 Å². The predicted octanol–water partition coefficient (Wildman–Crippen LogP) is 1.35. The molecule has 0 spiro atoms. The summed E-state index contributed by atoms with van der Waals surface area (Å²) in [6.45, 7) is 9.26. The summed E-state index contributed by atoms with van der Waals surface area (Å²) in [6.07, 6.45) is 5.28. The number of aryl methyl sites for hydroxylation is 2. The van der Waals surface area contributed by atoms with Crippen LogP contribution in [0.1, 0.15) is 43.5 Å². The van der Waals surface area contributed by atoms with Crippen LogP contribution in [0.15, 0.2) is 10.9 Å². The maximum Gasteiger partial charge on any atom is 0.348 e. The van der Waals surface area contributed by atoms with Crippen LogP contribution < -0.4 is 5.69 Å². The van der Waals surface area contributed by atoms with Crippen LogP contribution in [0, 0.1) is 13.8 Å². The summed E-state index contributed by atoms with van der Waals surface area (Å²) in [4.78, 5) is 33.8. The number of hydrogen-bond donors (Lipinski definition) is 0. The molecule has 150 valence electrons. The van der Waals surface area contributed by atoms with Crippen LogP contribution in [0.2, 0.25) is 0 Å². The van der Waals surface area contributed by atoms with Gasteiger partial charge >= 0.3 is 5.69 Å². The molecule has 2 aliphatic rings. The lowest BCUT2D eigenvalue weighted by molar-refractivity contribution is -0.136. The summed E-state index contributed by atoms with van der Waals surface area (Å²) >= 11 is 0. The normalized spacial score (nSPS) is 18.7. The Kier molecular flexibility index (Phi) is 7.01. The van der Waals surface area contributed by atoms with Crippen LogP contribution in [-0.2, 0) is 16.1 Å². The molecule has 1 aromatic rings. The first-order chi connectivity index (χ1) is 13.0. The second-order valence-electron chi connectivity index (χ2n) is 7.74. The van der Waals surface area contributed by atoms with Gasteiger partial charge in [-0.1, -0.05) is 0 Å². The van der Waals surface area contributed by atoms with Crippen molar-refractivity contribution in [3.63, 3.8) is 0 Å². The van der Waals surface area contributed by atoms with Gasteiger partial charge in [0.05, 0.1) is 0 Å². The second-order valence-corrected chi connectivity index (χ2v) is 7.74. The van der Waals surface area contributed by atoms with E-state index in [1.165, 1.54) is 30.5 Å². The van der Waals surface area contributed by atoms with E-state index in [0.717, 1.165) is 38.0 Å². The van der Waals surface area contributed by atoms with Gasteiger partial charge in [0, 0.05) is 37.2 Å². The van der Waals surface area contributed by atoms with Crippen molar-refractivity contribution in [2.75, 3.05) is 39.4 Å². The van der Waals surface area contributed by atoms with Gasteiger partial charge in [-0.3, -0.25) is 9.36 Å². The van der Waals surface area contributed by atoms with Crippen molar-refractivity contribution in [1.82, 2.24) is 19.4 Å². The lowest BCUT2D eigenvalue weighted by atomic mass is 10.1. The third-order valence-corrected chi connectivity index (χ3v) is 5.66. The summed E-state index contributed by atoms with van der Waals surface area (Å²) in [5, 5.41) is 0. The first-order valence-corrected chi connectivity index (χ1v) is 10.2. The minimum atomic E-state index is -0.343. The minimum Gasteiger partial charge on any atom is -0.381 e. The third kappa shape index (κ3) is 5.39. The molecule has 27 heavy (non-hydrogen) atoms. The number of carbonyl (C=O) groups excluding carboxylic acids is 1. The van der Waals surface area contributed by atoms with Crippen molar-refractivity contribution in [2.45, 2.75) is 58.5 Å². The largest absolute Gasteiger partial charge is 0.381 e. The van der Waals surface area contributed by atoms with Gasteiger partial charge in [0.25, 0.3) is 0 Å². The van der Waals surface area contributed by atoms with Crippen LogP contribution >= 0.6 is 0 Å². The molecule has 0 atom stereocenters. The molecule has 0 radical (unpaired) electrons. The van der Waals surface area contributed by atoms with Crippen molar-refractivity contribution >= 4 is 5.91 Å². The Bertz CT molecular complexity index is 691. The zero-order valence-electron chi connectivity index (χ0n) is 16.7. The van der Waals surface area contributed by atoms with Crippen LogP contribution in [0.3, 0.4) is 0 Å². The zero-order chi connectivity index (χ0) is 19.2. The third-order valence-electron chi connectivity index (χ3n) is 5.66. The fourth-order valence-corrected chi connectivity index (χ4v) is 4.17. The fraction of sp³-hybridized carbons (Fsp3) is 0.750. The summed E-state index contributed by atoms with van der Waals surface area (Å²) < 4.78 is 6.96. The van der Waals surface area contributed by atoms with E-state index in [2.05, 4.69) is 9.88 Å². The summed E-state index contributed by atoms with van der Waals surface area (Å²) in [5.74, 6) is 0.0131. The molecule has 3 heterocycles. The minimum absolute atomic E-state index is 0.0131. The zero-order valence-corrected chi connectivity index (χ0v) is 16.7. The van der Waals surface area contributed by atoms with Gasteiger partial charge in [0.1, 0.15) is 6.54 Å². The number of aromatic nitrogens is 2. The molecule has 2 saturated heterocycles. The van der Waals surface area contributed by atoms with Gasteiger partial charge in [0.2, 0.25) is 5.91 Å². The predicted molar refractivity (Wildman–Crippen MR) is 104 cm³/mol. The molecule has 0 saturated carbocycles. The van der Waals surface area contributed by atoms with Crippen LogP contribution in [0.5, 0.6) is 0 Å². The maximum atomic E-state index is 13.1. The Morgan fingerprint density at radius 3 is 2.63 bits per heavy atom. The van der Waals surface area contributed by atoms with Gasteiger partial charge in [-0.2, -0.15) is 4.98 Å². The highest BCUT2D eigenvalue weighted by atomic mass is 16.5. The van der Waals surface area contributed by atoms with Gasteiger partial charge in [-0.05, 0) is 71.7 Å². The molecule has 1 aromatic heterocycles. The van der Waals surface area contributed by atoms with Gasteiger partial charge < -0.3 is 14.5 Å². The first-order valence-electron chi connectivity index (χ1n) is 10.2. The Morgan fingerprint density at radius 2 is 1.96 bits per heavy atom. The SMILES string of the molecule is Cc1cc(C)n(CC(=O)N(CCCN2CCCC2)C2CCOCC2)c(=O)n1. The summed E-state index contributed by atoms with van der Waals surface area (Å²) in [5.41, 5.74) is 1.13. The van der Waals surface area contributed by atoms with Crippen LogP contribution in [0.25, 0.3) is 0 Å². The number of hydrogen-bond acceptors (Lipinski definition) is 5. The second kappa shape index (κ2) is 9.46. The highest BCUT2D eigenvalue weighted by Gasteiger charge is 2.26. The molecule has 2 fully saturated rings. The molecule has 0 bridgehead atoms. The standard InChI is InChI=1S/C20H32N4O3/c1-16-14-17(2)24(20(26)21-16)15-19(25)23(18-6-12-27-13-7-18)11-5-10-22-8-3-4-9-22/h14,18H,3-13,15H2,1-2H3. The molecule has 0 unspecified atom stereocenters. The fourth-order valence-electron chi connectivity index (χ4n) is 4.17. The van der Waals surface area contributed by atoms with Gasteiger partial charge in [-0.15, -0.1) is 0 Å². The Balaban J connectivity index is 1.66. The number of rotatable bonds is 7. The number of carbonyl (C=O) groups is 1. The Hall–Kier alpha value is -1.73. The summed E-state index contributed by atoms with van der Waals surface area (Å²) in [6, 6.07) is 2.06. The molecule has 7 heteroatoms. The number of ether oxygens (including phenoxy) is 1. The van der Waals surface area contributed by atoms with Gasteiger partial charge in [0.15, 0.2) is 0 Å². The van der Waals surface area contributed by atoms with E-state index >= 15 is 0 Å². The average molecular weight is 377 g/mol. The molecule has 7 nitrogen and oxygen atoms in total. The van der Waals surface area contributed by atoms with Crippen LogP contribution in [0.4, 0.5) is 0 Å². The van der Waals surface area contributed by atoms with Crippen molar-refractivity contribution < 1.29 is 9.53 Å². The molecule has 1 amide bonds. The van der Waals surface area contributed by atoms with E-state index in [1.807, 2.05) is 17.9 Å². The average Bonchev–Trinajstić information content (AvgIpc) is 3.16. The van der Waals surface area contributed by atoms with E-state index in [4.69, 9.17) is 4.74 Å². The maximum absolute atomic E-state index is 13.1. The quantitative estimate of drug-likeness (QED) is 0.719. The highest BCUT2D eigenvalue weighted by Crippen LogP contribution is 2.17. The molecule has 0 N–H and O–H groups in total. The molecule has 0 aromatic carbocycles. The highest BCUT2D eigenvalue weighted by molar-refractivity contribution is 5.76. The molecule has 2 aliphatic heterocycles. The molecular formula is C20H32N4O3. The Morgan fingerprint density at radius 1 is 1.26 bits per heavy atom. The Labute approximate surface area is 161 Å².